The van der Waals surface area contributed by atoms with Gasteiger partial charge in [-0.1, -0.05) is 286 Å². The number of rotatable bonds is 15. The number of pyridine rings is 8. The molecule has 13 aromatic carbocycles. The van der Waals surface area contributed by atoms with Crippen LogP contribution in [0, 0.1) is 55.5 Å². The molecule has 8 nitrogen and oxygen atoms in total. The summed E-state index contributed by atoms with van der Waals surface area (Å²) in [6.45, 7) is 10.9. The van der Waals surface area contributed by atoms with Crippen LogP contribution in [-0.2, 0) is 101 Å². The van der Waals surface area contributed by atoms with Crippen molar-refractivity contribution in [3.8, 4) is 146 Å². The molecule has 8 aromatic heterocycles. The Hall–Kier alpha value is -13.7. The molecule has 0 N–H and O–H groups in total. The molecule has 0 spiro atoms. The summed E-state index contributed by atoms with van der Waals surface area (Å²) in [5.74, 6) is 1.01. The summed E-state index contributed by atoms with van der Waals surface area (Å²) in [4.78, 5) is 34.7. The molecule has 0 saturated heterocycles. The van der Waals surface area contributed by atoms with Gasteiger partial charge in [0.1, 0.15) is 0 Å². The van der Waals surface area contributed by atoms with Crippen molar-refractivity contribution < 1.29 is 101 Å². The van der Waals surface area contributed by atoms with Crippen LogP contribution in [-0.4, -0.2) is 39.9 Å². The molecular formula is C125H98Ir5N8-8. The van der Waals surface area contributed by atoms with E-state index >= 15 is 0 Å². The van der Waals surface area contributed by atoms with Crippen LogP contribution in [0.15, 0.2) is 492 Å². The third-order valence-corrected chi connectivity index (χ3v) is 21.0. The van der Waals surface area contributed by atoms with Gasteiger partial charge in [0.15, 0.2) is 0 Å². The Morgan fingerprint density at radius 1 is 0.167 bits per heavy atom. The van der Waals surface area contributed by atoms with E-state index in [-0.39, 0.29) is 101 Å². The zero-order chi connectivity index (χ0) is 91.5. The molecule has 5 radical (unpaired) electrons. The first-order chi connectivity index (χ1) is 65.6. The fraction of sp³-hybridized carbons (Fsp3) is 0.0560. The summed E-state index contributed by atoms with van der Waals surface area (Å²) in [6, 6.07) is 174. The van der Waals surface area contributed by atoms with Gasteiger partial charge in [-0.25, -0.2) is 0 Å². The Kier molecular flexibility index (Phi) is 46.4. The number of benzene rings is 13. The van der Waals surface area contributed by atoms with E-state index in [9.17, 15) is 0 Å². The Bertz CT molecular complexity index is 6410. The molecule has 691 valence electrons. The molecule has 0 atom stereocenters. The molecule has 138 heavy (non-hydrogen) atoms. The number of hydrogen-bond donors (Lipinski definition) is 0. The van der Waals surface area contributed by atoms with Gasteiger partial charge in [0.05, 0.1) is 0 Å². The number of hydrogen-bond acceptors (Lipinski definition) is 8. The van der Waals surface area contributed by atoms with E-state index in [2.05, 4.69) is 311 Å². The third-order valence-electron chi connectivity index (χ3n) is 21.0. The first-order valence-corrected chi connectivity index (χ1v) is 44.3. The van der Waals surface area contributed by atoms with Gasteiger partial charge in [-0.3, -0.25) is 0 Å². The van der Waals surface area contributed by atoms with Crippen molar-refractivity contribution in [2.24, 2.45) is 0 Å². The molecule has 0 aliphatic carbocycles. The normalized spacial score (nSPS) is 9.91. The van der Waals surface area contributed by atoms with Crippen LogP contribution in [0.25, 0.3) is 146 Å². The molecule has 13 heteroatoms. The van der Waals surface area contributed by atoms with Crippen LogP contribution in [0.4, 0.5) is 0 Å². The van der Waals surface area contributed by atoms with Crippen LogP contribution in [0.2, 0.25) is 0 Å². The van der Waals surface area contributed by atoms with Crippen molar-refractivity contribution in [3.63, 3.8) is 0 Å². The topological polar surface area (TPSA) is 103 Å². The first kappa shape index (κ1) is 108. The molecule has 21 rings (SSSR count). The minimum absolute atomic E-state index is 0. The second-order valence-electron chi connectivity index (χ2n) is 31.2. The smallest absolute Gasteiger partial charge is 0.0163 e. The van der Waals surface area contributed by atoms with Crippen LogP contribution >= 0.6 is 0 Å². The molecule has 0 amide bonds. The fourth-order valence-corrected chi connectivity index (χ4v) is 14.0. The van der Waals surface area contributed by atoms with Crippen molar-refractivity contribution in [2.45, 2.75) is 46.5 Å². The summed E-state index contributed by atoms with van der Waals surface area (Å²) in [5.41, 5.74) is 31.9. The molecule has 0 aliphatic heterocycles. The first-order valence-electron chi connectivity index (χ1n) is 44.3. The Labute approximate surface area is 881 Å². The minimum atomic E-state index is 0. The van der Waals surface area contributed by atoms with Gasteiger partial charge in [-0.15, -0.1) is 279 Å². The second kappa shape index (κ2) is 59.3. The Morgan fingerprint density at radius 3 is 0.659 bits per heavy atom. The minimum Gasteiger partial charge on any atom is -0.305 e. The Morgan fingerprint density at radius 2 is 0.406 bits per heavy atom. The summed E-state index contributed by atoms with van der Waals surface area (Å²) < 4.78 is 0. The van der Waals surface area contributed by atoms with Crippen LogP contribution < -0.4 is 0 Å². The van der Waals surface area contributed by atoms with Gasteiger partial charge < -0.3 is 39.9 Å². The number of nitrogens with zero attached hydrogens (tertiary/aromatic N) is 8. The monoisotopic (exact) mass is 2680 g/mol. The average Bonchev–Trinajstić information content (AvgIpc) is 0.854. The number of aryl methyl sites for hydroxylation is 1. The van der Waals surface area contributed by atoms with E-state index < -0.39 is 0 Å². The second-order valence-corrected chi connectivity index (χ2v) is 31.2. The maximum Gasteiger partial charge on any atom is 0.0163 e. The van der Waals surface area contributed by atoms with Gasteiger partial charge >= 0.3 is 0 Å². The maximum atomic E-state index is 4.50. The third kappa shape index (κ3) is 33.9. The van der Waals surface area contributed by atoms with Crippen molar-refractivity contribution in [2.75, 3.05) is 0 Å². The summed E-state index contributed by atoms with van der Waals surface area (Å²) in [5, 5.41) is 0. The SMILES string of the molecule is CC(C)c1ccnc(-c2[c-]ccc(-c3ccccc3)c2)c1.CC(C)c1ccnc(-c2[c-]ccc(-c3ccccc3)c2)c1.Cc1ccnc(-c2[c-]ccc(-c3ccccc3)c2)c1.[Ir].[Ir].[Ir].[Ir].[Ir].[c-]1cc(-c2ccccc2)ccc1-c1ccccn1.[c-]1ccc(-c2ccccc2)cc1-c1ccccn1.[c-]1ccccc1-c1ccccn1.[c-]1ccccc1-c1ccccn1.[c-]1ccccc1-c1ccccn1. The molecule has 0 saturated carbocycles. The average molecular weight is 2670 g/mol. The van der Waals surface area contributed by atoms with Gasteiger partial charge in [-0.2, -0.15) is 0 Å². The summed E-state index contributed by atoms with van der Waals surface area (Å²) in [6.07, 6.45) is 14.6. The molecule has 21 aromatic rings. The largest absolute Gasteiger partial charge is 0.305 e. The Balaban J connectivity index is 0.000000177. The molecular weight excluding hydrogens is 2570 g/mol. The van der Waals surface area contributed by atoms with E-state index in [1.165, 1.54) is 72.3 Å². The van der Waals surface area contributed by atoms with E-state index in [0.29, 0.717) is 11.8 Å². The van der Waals surface area contributed by atoms with E-state index in [1.807, 2.05) is 273 Å². The molecule has 8 heterocycles. The predicted molar refractivity (Wildman–Crippen MR) is 548 cm³/mol. The van der Waals surface area contributed by atoms with E-state index in [1.54, 1.807) is 31.0 Å². The molecule has 0 fully saturated rings. The zero-order valence-electron chi connectivity index (χ0n) is 76.7. The quantitative estimate of drug-likeness (QED) is 0.0935. The van der Waals surface area contributed by atoms with Crippen molar-refractivity contribution in [1.29, 1.82) is 0 Å². The summed E-state index contributed by atoms with van der Waals surface area (Å²) >= 11 is 0. The molecule has 0 aliphatic rings. The maximum absolute atomic E-state index is 4.50. The van der Waals surface area contributed by atoms with E-state index in [0.717, 1.165) is 90.1 Å². The van der Waals surface area contributed by atoms with E-state index in [4.69, 9.17) is 0 Å². The van der Waals surface area contributed by atoms with Crippen LogP contribution in [0.5, 0.6) is 0 Å². The standard InChI is InChI=1S/2C20H18N.C18H14N.2C17H12N.3C11H8N.5Ir/c2*1-15(2)17-11-12-21-20(14-17)19-10-6-9-18(13-19)16-7-4-3-5-8-16;1-14-10-11-19-18(12-14)17-9-5-8-16(13-17)15-6-3-2-4-7-15;1-2-7-14(8-3-1)15-9-6-10-16(13-15)17-11-4-5-12-18-17;1-2-6-14(7-3-1)15-9-11-16(12-10-15)17-8-4-5-13-18-17;3*1-2-6-10(7-3-1)11-8-4-5-9-12-11;;;;;/h2*3-9,11-15H,1-2H3;2-8,10-13H,1H3;1-9,11-13H;1-11,13H;3*1-6,8-9H;;;;;/q8*-1;;;;;. The van der Waals surface area contributed by atoms with Crippen molar-refractivity contribution >= 4 is 0 Å². The van der Waals surface area contributed by atoms with Gasteiger partial charge in [0.25, 0.3) is 0 Å². The van der Waals surface area contributed by atoms with Gasteiger partial charge in [-0.05, 0) is 135 Å². The molecule has 0 bridgehead atoms. The summed E-state index contributed by atoms with van der Waals surface area (Å²) in [7, 11) is 0. The van der Waals surface area contributed by atoms with Crippen LogP contribution in [0.1, 0.15) is 56.2 Å². The van der Waals surface area contributed by atoms with Crippen LogP contribution in [0.3, 0.4) is 0 Å². The van der Waals surface area contributed by atoms with Gasteiger partial charge in [0, 0.05) is 150 Å². The molecule has 0 unspecified atom stereocenters. The zero-order valence-corrected chi connectivity index (χ0v) is 88.6. The number of aromatic nitrogens is 8. The fourth-order valence-electron chi connectivity index (χ4n) is 14.0. The predicted octanol–water partition coefficient (Wildman–Crippen LogP) is 31.3. The van der Waals surface area contributed by atoms with Crippen molar-refractivity contribution in [3.05, 3.63) is 558 Å². The van der Waals surface area contributed by atoms with Gasteiger partial charge in [0.2, 0.25) is 0 Å². The van der Waals surface area contributed by atoms with Crippen molar-refractivity contribution in [1.82, 2.24) is 39.9 Å².